The number of rotatable bonds is 6. The normalized spacial score (nSPS) is 10.6. The molecule has 0 unspecified atom stereocenters. The Morgan fingerprint density at radius 3 is 2.69 bits per heavy atom. The smallest absolute Gasteiger partial charge is 0.286 e. The standard InChI is InChI=1S/C12H18ClNO2/c1-10-7-9-14(16)12(15)11(10)6-4-2-3-5-8-13/h7,9,16H,2-6,8H2,1H3. The van der Waals surface area contributed by atoms with Crippen LogP contribution in [0.5, 0.6) is 0 Å². The molecule has 0 aromatic carbocycles. The van der Waals surface area contributed by atoms with Crippen LogP contribution in [0.1, 0.15) is 36.8 Å². The Hall–Kier alpha value is -0.960. The fourth-order valence-electron chi connectivity index (χ4n) is 1.71. The van der Waals surface area contributed by atoms with Gasteiger partial charge in [0.25, 0.3) is 5.56 Å². The number of hydrogen-bond acceptors (Lipinski definition) is 2. The van der Waals surface area contributed by atoms with Crippen LogP contribution in [0.4, 0.5) is 0 Å². The van der Waals surface area contributed by atoms with Gasteiger partial charge in [0, 0.05) is 17.6 Å². The molecule has 0 amide bonds. The van der Waals surface area contributed by atoms with Crippen LogP contribution in [0.25, 0.3) is 0 Å². The van der Waals surface area contributed by atoms with E-state index in [4.69, 9.17) is 11.6 Å². The first-order chi connectivity index (χ1) is 7.66. The van der Waals surface area contributed by atoms with Gasteiger partial charge < -0.3 is 5.21 Å². The van der Waals surface area contributed by atoms with Crippen LogP contribution in [0.2, 0.25) is 0 Å². The van der Waals surface area contributed by atoms with Crippen LogP contribution in [-0.2, 0) is 6.42 Å². The largest absolute Gasteiger partial charge is 0.425 e. The molecule has 1 rings (SSSR count). The van der Waals surface area contributed by atoms with Gasteiger partial charge >= 0.3 is 0 Å². The van der Waals surface area contributed by atoms with Gasteiger partial charge in [0.1, 0.15) is 0 Å². The van der Waals surface area contributed by atoms with Crippen molar-refractivity contribution in [3.63, 3.8) is 0 Å². The van der Waals surface area contributed by atoms with Crippen LogP contribution in [0.3, 0.4) is 0 Å². The van der Waals surface area contributed by atoms with Gasteiger partial charge in [-0.2, -0.15) is 4.73 Å². The molecule has 90 valence electrons. The number of halogens is 1. The van der Waals surface area contributed by atoms with Crippen molar-refractivity contribution in [3.05, 3.63) is 33.7 Å². The van der Waals surface area contributed by atoms with E-state index in [9.17, 15) is 10.0 Å². The van der Waals surface area contributed by atoms with E-state index < -0.39 is 0 Å². The van der Waals surface area contributed by atoms with Crippen molar-refractivity contribution in [1.82, 2.24) is 4.73 Å². The topological polar surface area (TPSA) is 42.2 Å². The number of hydrogen-bond donors (Lipinski definition) is 1. The molecule has 1 N–H and O–H groups in total. The van der Waals surface area contributed by atoms with Gasteiger partial charge in [0.15, 0.2) is 0 Å². The number of pyridine rings is 1. The molecule has 1 heterocycles. The Kier molecular flexibility index (Phi) is 5.39. The predicted octanol–water partition coefficient (Wildman–Crippen LogP) is 2.74. The fraction of sp³-hybridized carbons (Fsp3) is 0.583. The summed E-state index contributed by atoms with van der Waals surface area (Å²) in [4.78, 5) is 11.6. The Balaban J connectivity index is 2.54. The van der Waals surface area contributed by atoms with E-state index in [1.54, 1.807) is 6.07 Å². The molecule has 0 bridgehead atoms. The number of alkyl halides is 1. The van der Waals surface area contributed by atoms with E-state index in [1.807, 2.05) is 6.92 Å². The third kappa shape index (κ3) is 3.56. The summed E-state index contributed by atoms with van der Waals surface area (Å²) in [6.07, 6.45) is 6.29. The average molecular weight is 244 g/mol. The molecule has 0 aliphatic rings. The summed E-state index contributed by atoms with van der Waals surface area (Å²) in [5.41, 5.74) is 1.38. The van der Waals surface area contributed by atoms with E-state index in [2.05, 4.69) is 0 Å². The van der Waals surface area contributed by atoms with Gasteiger partial charge in [-0.05, 0) is 37.8 Å². The lowest BCUT2D eigenvalue weighted by Crippen LogP contribution is -2.22. The molecule has 0 saturated carbocycles. The maximum absolute atomic E-state index is 11.6. The SMILES string of the molecule is Cc1ccn(O)c(=O)c1CCCCCCCl. The first kappa shape index (κ1) is 13.1. The van der Waals surface area contributed by atoms with Crippen LogP contribution in [0.15, 0.2) is 17.1 Å². The van der Waals surface area contributed by atoms with Crippen molar-refractivity contribution in [1.29, 1.82) is 0 Å². The van der Waals surface area contributed by atoms with Crippen LogP contribution >= 0.6 is 11.6 Å². The van der Waals surface area contributed by atoms with Crippen LogP contribution in [0, 0.1) is 6.92 Å². The second-order valence-electron chi connectivity index (χ2n) is 3.98. The fourth-order valence-corrected chi connectivity index (χ4v) is 1.90. The highest BCUT2D eigenvalue weighted by Gasteiger charge is 2.05. The average Bonchev–Trinajstić information content (AvgIpc) is 2.28. The van der Waals surface area contributed by atoms with Gasteiger partial charge in [-0.15, -0.1) is 11.6 Å². The predicted molar refractivity (Wildman–Crippen MR) is 65.5 cm³/mol. The molecule has 0 aliphatic carbocycles. The highest BCUT2D eigenvalue weighted by Crippen LogP contribution is 2.08. The lowest BCUT2D eigenvalue weighted by atomic mass is 10.0. The van der Waals surface area contributed by atoms with Crippen molar-refractivity contribution >= 4 is 11.6 Å². The monoisotopic (exact) mass is 243 g/mol. The van der Waals surface area contributed by atoms with Crippen molar-refractivity contribution in [3.8, 4) is 0 Å². The third-order valence-corrected chi connectivity index (χ3v) is 2.99. The molecule has 0 aliphatic heterocycles. The van der Waals surface area contributed by atoms with E-state index in [0.717, 1.165) is 43.2 Å². The molecular formula is C12H18ClNO2. The van der Waals surface area contributed by atoms with E-state index in [0.29, 0.717) is 10.6 Å². The number of nitrogens with zero attached hydrogens (tertiary/aromatic N) is 1. The highest BCUT2D eigenvalue weighted by atomic mass is 35.5. The number of unbranched alkanes of at least 4 members (excludes halogenated alkanes) is 3. The van der Waals surface area contributed by atoms with E-state index in [-0.39, 0.29) is 5.56 Å². The van der Waals surface area contributed by atoms with Gasteiger partial charge in [-0.3, -0.25) is 4.79 Å². The maximum Gasteiger partial charge on any atom is 0.286 e. The zero-order valence-electron chi connectivity index (χ0n) is 9.58. The maximum atomic E-state index is 11.6. The third-order valence-electron chi connectivity index (χ3n) is 2.72. The molecule has 1 aromatic heterocycles. The van der Waals surface area contributed by atoms with E-state index in [1.165, 1.54) is 6.20 Å². The minimum atomic E-state index is -0.294. The second-order valence-corrected chi connectivity index (χ2v) is 4.36. The van der Waals surface area contributed by atoms with Crippen molar-refractivity contribution < 1.29 is 5.21 Å². The molecule has 0 radical (unpaired) electrons. The number of aromatic nitrogens is 1. The summed E-state index contributed by atoms with van der Waals surface area (Å²) >= 11 is 5.58. The molecule has 0 spiro atoms. The van der Waals surface area contributed by atoms with Gasteiger partial charge in [-0.25, -0.2) is 0 Å². The molecule has 4 heteroatoms. The molecule has 3 nitrogen and oxygen atoms in total. The lowest BCUT2D eigenvalue weighted by molar-refractivity contribution is 0.173. The first-order valence-corrected chi connectivity index (χ1v) is 6.16. The van der Waals surface area contributed by atoms with E-state index >= 15 is 0 Å². The quantitative estimate of drug-likeness (QED) is 0.474. The van der Waals surface area contributed by atoms with Crippen molar-refractivity contribution in [2.24, 2.45) is 0 Å². The van der Waals surface area contributed by atoms with Crippen molar-refractivity contribution in [2.75, 3.05) is 5.88 Å². The van der Waals surface area contributed by atoms with Crippen LogP contribution in [-0.4, -0.2) is 15.8 Å². The van der Waals surface area contributed by atoms with Crippen LogP contribution < -0.4 is 5.56 Å². The zero-order chi connectivity index (χ0) is 12.0. The first-order valence-electron chi connectivity index (χ1n) is 5.63. The summed E-state index contributed by atoms with van der Waals surface area (Å²) < 4.78 is 0.654. The Morgan fingerprint density at radius 2 is 2.00 bits per heavy atom. The summed E-state index contributed by atoms with van der Waals surface area (Å²) in [7, 11) is 0. The lowest BCUT2D eigenvalue weighted by Gasteiger charge is -2.06. The highest BCUT2D eigenvalue weighted by molar-refractivity contribution is 6.17. The summed E-state index contributed by atoms with van der Waals surface area (Å²) in [6.45, 7) is 1.90. The summed E-state index contributed by atoms with van der Waals surface area (Å²) in [6, 6.07) is 1.76. The van der Waals surface area contributed by atoms with Gasteiger partial charge in [0.2, 0.25) is 0 Å². The van der Waals surface area contributed by atoms with Gasteiger partial charge in [-0.1, -0.05) is 12.8 Å². The molecular weight excluding hydrogens is 226 g/mol. The second kappa shape index (κ2) is 6.59. The minimum absolute atomic E-state index is 0.294. The molecule has 0 fully saturated rings. The molecule has 0 saturated heterocycles. The van der Waals surface area contributed by atoms with Gasteiger partial charge in [0.05, 0.1) is 0 Å². The molecule has 16 heavy (non-hydrogen) atoms. The summed E-state index contributed by atoms with van der Waals surface area (Å²) in [5, 5.41) is 9.25. The molecule has 0 atom stereocenters. The van der Waals surface area contributed by atoms with Crippen molar-refractivity contribution in [2.45, 2.75) is 39.0 Å². The Labute approximate surface area is 101 Å². The zero-order valence-corrected chi connectivity index (χ0v) is 10.3. The Bertz CT molecular complexity index is 387. The number of aryl methyl sites for hydroxylation is 1. The minimum Gasteiger partial charge on any atom is -0.425 e. The summed E-state index contributed by atoms with van der Waals surface area (Å²) in [5.74, 6) is 0.702. The Morgan fingerprint density at radius 1 is 1.31 bits per heavy atom. The molecule has 1 aromatic rings.